The van der Waals surface area contributed by atoms with E-state index in [0.29, 0.717) is 22.0 Å². The van der Waals surface area contributed by atoms with E-state index in [9.17, 15) is 9.59 Å². The molecule has 0 atom stereocenters. The van der Waals surface area contributed by atoms with Crippen molar-refractivity contribution in [1.82, 2.24) is 14.1 Å². The molecule has 0 fully saturated rings. The second-order valence-corrected chi connectivity index (χ2v) is 6.56. The molecule has 0 radical (unpaired) electrons. The van der Waals surface area contributed by atoms with Gasteiger partial charge in [0.15, 0.2) is 4.47 Å². The molecule has 2 heterocycles. The van der Waals surface area contributed by atoms with Crippen molar-refractivity contribution in [2.75, 3.05) is 5.32 Å². The molecule has 22 heavy (non-hydrogen) atoms. The third-order valence-corrected chi connectivity index (χ3v) is 4.60. The molecule has 1 N–H and O–H groups in total. The van der Waals surface area contributed by atoms with Gasteiger partial charge in [0.2, 0.25) is 0 Å². The summed E-state index contributed by atoms with van der Waals surface area (Å²) in [6.45, 7) is 0.593. The summed E-state index contributed by atoms with van der Waals surface area (Å²) < 4.78 is 3.24. The molecule has 0 aliphatic heterocycles. The minimum absolute atomic E-state index is 0.507. The SMILES string of the molecule is Cn1c(=O)c(=O)n(C)c2cc(NCc3cnc(Cl)s3)ccc21. The van der Waals surface area contributed by atoms with Crippen molar-refractivity contribution >= 4 is 39.7 Å². The highest BCUT2D eigenvalue weighted by atomic mass is 35.5. The van der Waals surface area contributed by atoms with Crippen LogP contribution in [0.15, 0.2) is 34.0 Å². The van der Waals surface area contributed by atoms with Crippen LogP contribution in [0.1, 0.15) is 4.88 Å². The van der Waals surface area contributed by atoms with Crippen LogP contribution in [0, 0.1) is 0 Å². The maximum Gasteiger partial charge on any atom is 0.316 e. The Kier molecular flexibility index (Phi) is 3.76. The van der Waals surface area contributed by atoms with Gasteiger partial charge >= 0.3 is 11.1 Å². The Bertz CT molecular complexity index is 973. The van der Waals surface area contributed by atoms with Crippen molar-refractivity contribution in [3.63, 3.8) is 0 Å². The molecule has 0 saturated heterocycles. The predicted octanol–water partition coefficient (Wildman–Crippen LogP) is 1.96. The summed E-state index contributed by atoms with van der Waals surface area (Å²) in [6, 6.07) is 5.53. The summed E-state index contributed by atoms with van der Waals surface area (Å²) in [5.41, 5.74) is 1.18. The van der Waals surface area contributed by atoms with E-state index in [1.807, 2.05) is 18.2 Å². The first-order valence-electron chi connectivity index (χ1n) is 6.51. The van der Waals surface area contributed by atoms with Gasteiger partial charge in [-0.15, -0.1) is 11.3 Å². The Morgan fingerprint density at radius 2 is 1.86 bits per heavy atom. The second kappa shape index (κ2) is 5.58. The van der Waals surface area contributed by atoms with Gasteiger partial charge in [-0.3, -0.25) is 9.59 Å². The van der Waals surface area contributed by atoms with E-state index in [1.165, 1.54) is 20.5 Å². The summed E-state index contributed by atoms with van der Waals surface area (Å²) in [6.07, 6.45) is 1.72. The van der Waals surface area contributed by atoms with E-state index in [2.05, 4.69) is 10.3 Å². The number of nitrogens with one attached hydrogen (secondary N) is 1. The lowest BCUT2D eigenvalue weighted by Gasteiger charge is -2.11. The standard InChI is InChI=1S/C14H13ClN4O2S/c1-18-10-4-3-8(16-6-9-7-17-14(15)22-9)5-11(10)19(2)13(21)12(18)20/h3-5,7,16H,6H2,1-2H3. The second-order valence-electron chi connectivity index (χ2n) is 4.86. The van der Waals surface area contributed by atoms with Crippen LogP contribution in [-0.2, 0) is 20.6 Å². The fraction of sp³-hybridized carbons (Fsp3) is 0.214. The Morgan fingerprint density at radius 1 is 1.18 bits per heavy atom. The average molecular weight is 337 g/mol. The van der Waals surface area contributed by atoms with Gasteiger partial charge in [-0.1, -0.05) is 11.6 Å². The highest BCUT2D eigenvalue weighted by Crippen LogP contribution is 2.20. The maximum absolute atomic E-state index is 11.9. The van der Waals surface area contributed by atoms with Gasteiger partial charge in [0.1, 0.15) is 0 Å². The Labute approximate surface area is 134 Å². The lowest BCUT2D eigenvalue weighted by Crippen LogP contribution is -2.39. The number of anilines is 1. The fourth-order valence-corrected chi connectivity index (χ4v) is 3.16. The summed E-state index contributed by atoms with van der Waals surface area (Å²) in [4.78, 5) is 28.7. The molecule has 0 amide bonds. The zero-order valence-electron chi connectivity index (χ0n) is 12.0. The Morgan fingerprint density at radius 3 is 2.50 bits per heavy atom. The third-order valence-electron chi connectivity index (χ3n) is 3.48. The van der Waals surface area contributed by atoms with Crippen LogP contribution in [0.3, 0.4) is 0 Å². The molecule has 0 bridgehead atoms. The topological polar surface area (TPSA) is 68.9 Å². The van der Waals surface area contributed by atoms with Crippen molar-refractivity contribution in [2.45, 2.75) is 6.54 Å². The molecule has 2 aromatic heterocycles. The van der Waals surface area contributed by atoms with Crippen molar-refractivity contribution < 1.29 is 0 Å². The summed E-state index contributed by atoms with van der Waals surface area (Å²) >= 11 is 7.21. The normalized spacial score (nSPS) is 11.0. The molecular formula is C14H13ClN4O2S. The number of rotatable bonds is 3. The first kappa shape index (κ1) is 14.8. The van der Waals surface area contributed by atoms with Crippen molar-refractivity contribution in [3.05, 3.63) is 54.4 Å². The van der Waals surface area contributed by atoms with Crippen molar-refractivity contribution in [1.29, 1.82) is 0 Å². The average Bonchev–Trinajstić information content (AvgIpc) is 2.94. The molecule has 0 aliphatic rings. The number of aryl methyl sites for hydroxylation is 2. The summed E-state index contributed by atoms with van der Waals surface area (Å²) in [5, 5.41) is 3.26. The van der Waals surface area contributed by atoms with Crippen LogP contribution >= 0.6 is 22.9 Å². The zero-order chi connectivity index (χ0) is 15.9. The number of halogens is 1. The Hall–Kier alpha value is -2.12. The predicted molar refractivity (Wildman–Crippen MR) is 88.9 cm³/mol. The van der Waals surface area contributed by atoms with Crippen molar-refractivity contribution in [3.8, 4) is 0 Å². The molecule has 0 spiro atoms. The van der Waals surface area contributed by atoms with Gasteiger partial charge in [-0.2, -0.15) is 0 Å². The number of hydrogen-bond donors (Lipinski definition) is 1. The molecule has 0 unspecified atom stereocenters. The minimum Gasteiger partial charge on any atom is -0.380 e. The van der Waals surface area contributed by atoms with E-state index < -0.39 is 11.1 Å². The van der Waals surface area contributed by atoms with Gasteiger partial charge in [0.05, 0.1) is 17.6 Å². The van der Waals surface area contributed by atoms with Gasteiger partial charge < -0.3 is 14.5 Å². The molecule has 6 nitrogen and oxygen atoms in total. The van der Waals surface area contributed by atoms with Gasteiger partial charge in [-0.05, 0) is 18.2 Å². The monoisotopic (exact) mass is 336 g/mol. The maximum atomic E-state index is 11.9. The first-order chi connectivity index (χ1) is 10.5. The van der Waals surface area contributed by atoms with Gasteiger partial charge in [-0.25, -0.2) is 4.98 Å². The minimum atomic E-state index is -0.540. The van der Waals surface area contributed by atoms with Crippen LogP contribution in [0.2, 0.25) is 4.47 Å². The van der Waals surface area contributed by atoms with Crippen LogP contribution in [0.4, 0.5) is 5.69 Å². The summed E-state index contributed by atoms with van der Waals surface area (Å²) in [5.74, 6) is 0. The number of thiazole rings is 1. The Balaban J connectivity index is 1.99. The molecule has 0 aliphatic carbocycles. The highest BCUT2D eigenvalue weighted by molar-refractivity contribution is 7.15. The first-order valence-corrected chi connectivity index (χ1v) is 7.70. The third kappa shape index (κ3) is 2.53. The molecule has 3 aromatic rings. The smallest absolute Gasteiger partial charge is 0.316 e. The summed E-state index contributed by atoms with van der Waals surface area (Å²) in [7, 11) is 3.19. The molecule has 114 valence electrons. The lowest BCUT2D eigenvalue weighted by molar-refractivity contribution is 0.799. The number of hydrogen-bond acceptors (Lipinski definition) is 5. The van der Waals surface area contributed by atoms with E-state index >= 15 is 0 Å². The largest absolute Gasteiger partial charge is 0.380 e. The fourth-order valence-electron chi connectivity index (χ4n) is 2.25. The van der Waals surface area contributed by atoms with E-state index in [0.717, 1.165) is 10.6 Å². The molecule has 3 rings (SSSR count). The number of aromatic nitrogens is 3. The number of fused-ring (bicyclic) bond motifs is 1. The van der Waals surface area contributed by atoms with Crippen molar-refractivity contribution in [2.24, 2.45) is 14.1 Å². The number of nitrogens with zero attached hydrogens (tertiary/aromatic N) is 3. The van der Waals surface area contributed by atoms with E-state index in [-0.39, 0.29) is 0 Å². The molecule has 8 heteroatoms. The van der Waals surface area contributed by atoms with Crippen LogP contribution < -0.4 is 16.4 Å². The van der Waals surface area contributed by atoms with E-state index in [4.69, 9.17) is 11.6 Å². The molecular weight excluding hydrogens is 324 g/mol. The lowest BCUT2D eigenvalue weighted by atomic mass is 10.2. The zero-order valence-corrected chi connectivity index (χ0v) is 13.5. The van der Waals surface area contributed by atoms with Gasteiger partial charge in [0.25, 0.3) is 0 Å². The van der Waals surface area contributed by atoms with Crippen LogP contribution in [0.5, 0.6) is 0 Å². The molecule has 0 saturated carbocycles. The van der Waals surface area contributed by atoms with E-state index in [1.54, 1.807) is 20.3 Å². The van der Waals surface area contributed by atoms with Gasteiger partial charge in [0, 0.05) is 30.9 Å². The van der Waals surface area contributed by atoms with Crippen LogP contribution in [-0.4, -0.2) is 14.1 Å². The quantitative estimate of drug-likeness (QED) is 0.742. The number of benzene rings is 1. The molecule has 1 aromatic carbocycles. The van der Waals surface area contributed by atoms with Crippen LogP contribution in [0.25, 0.3) is 11.0 Å². The highest BCUT2D eigenvalue weighted by Gasteiger charge is 2.09.